The van der Waals surface area contributed by atoms with Gasteiger partial charge in [0.25, 0.3) is 0 Å². The first-order valence-electron chi connectivity index (χ1n) is 4.22. The van der Waals surface area contributed by atoms with Crippen LogP contribution in [0.15, 0.2) is 18.2 Å². The number of nitrogens with two attached hydrogens (primary N) is 1. The minimum absolute atomic E-state index is 0.126. The van der Waals surface area contributed by atoms with Crippen LogP contribution >= 0.6 is 0 Å². The molecule has 0 radical (unpaired) electrons. The van der Waals surface area contributed by atoms with Crippen LogP contribution in [0.2, 0.25) is 0 Å². The topological polar surface area (TPSA) is 106 Å². The Morgan fingerprint density at radius 1 is 1.53 bits per heavy atom. The molecule has 2 atom stereocenters. The lowest BCUT2D eigenvalue weighted by molar-refractivity contribution is -0.132. The summed E-state index contributed by atoms with van der Waals surface area (Å²) in [5, 5.41) is 18.7. The summed E-state index contributed by atoms with van der Waals surface area (Å²) in [6.07, 6.45) is -3.12. The number of primary amides is 1. The minimum Gasteiger partial charge on any atom is -0.481 e. The third kappa shape index (κ3) is 2.64. The van der Waals surface area contributed by atoms with Gasteiger partial charge in [-0.1, -0.05) is 6.07 Å². The van der Waals surface area contributed by atoms with Gasteiger partial charge in [0, 0.05) is 6.07 Å². The van der Waals surface area contributed by atoms with Gasteiger partial charge in [0.1, 0.15) is 6.10 Å². The summed E-state index contributed by atoms with van der Waals surface area (Å²) in [5.74, 6) is -0.727. The highest BCUT2D eigenvalue weighted by atomic mass is 16.5. The number of amides is 1. The SMILES string of the molecule is COc1cccc(C(O)C(O)C(N)=O)n1. The Labute approximate surface area is 86.3 Å². The fourth-order valence-electron chi connectivity index (χ4n) is 1.03. The van der Waals surface area contributed by atoms with E-state index in [4.69, 9.17) is 10.5 Å². The fourth-order valence-corrected chi connectivity index (χ4v) is 1.03. The molecule has 0 saturated carbocycles. The average molecular weight is 212 g/mol. The maximum absolute atomic E-state index is 10.6. The van der Waals surface area contributed by atoms with Gasteiger partial charge in [-0.25, -0.2) is 4.98 Å². The van der Waals surface area contributed by atoms with Gasteiger partial charge in [-0.2, -0.15) is 0 Å². The molecule has 1 rings (SSSR count). The van der Waals surface area contributed by atoms with Crippen LogP contribution in [0.4, 0.5) is 0 Å². The van der Waals surface area contributed by atoms with Crippen molar-refractivity contribution in [3.8, 4) is 5.88 Å². The maximum Gasteiger partial charge on any atom is 0.249 e. The lowest BCUT2D eigenvalue weighted by Gasteiger charge is -2.14. The number of hydrogen-bond donors (Lipinski definition) is 3. The van der Waals surface area contributed by atoms with Crippen LogP contribution in [-0.4, -0.2) is 34.3 Å². The van der Waals surface area contributed by atoms with Crippen molar-refractivity contribution in [1.82, 2.24) is 4.98 Å². The zero-order chi connectivity index (χ0) is 11.4. The second kappa shape index (κ2) is 4.72. The number of pyridine rings is 1. The number of aromatic nitrogens is 1. The van der Waals surface area contributed by atoms with E-state index in [1.165, 1.54) is 13.2 Å². The quantitative estimate of drug-likeness (QED) is 0.591. The van der Waals surface area contributed by atoms with Crippen LogP contribution in [0.5, 0.6) is 5.88 Å². The number of aliphatic hydroxyl groups is 2. The van der Waals surface area contributed by atoms with Crippen LogP contribution in [0.3, 0.4) is 0 Å². The fraction of sp³-hybridized carbons (Fsp3) is 0.333. The Balaban J connectivity index is 2.90. The Bertz CT molecular complexity index is 356. The summed E-state index contributed by atoms with van der Waals surface area (Å²) < 4.78 is 4.83. The lowest BCUT2D eigenvalue weighted by Crippen LogP contribution is -2.34. The molecule has 0 aliphatic carbocycles. The summed E-state index contributed by atoms with van der Waals surface area (Å²) in [5.41, 5.74) is 4.96. The first kappa shape index (κ1) is 11.4. The molecule has 1 heterocycles. The first-order valence-corrected chi connectivity index (χ1v) is 4.22. The second-order valence-corrected chi connectivity index (χ2v) is 2.90. The van der Waals surface area contributed by atoms with Gasteiger partial charge in [-0.3, -0.25) is 4.79 Å². The van der Waals surface area contributed by atoms with Gasteiger partial charge in [-0.15, -0.1) is 0 Å². The lowest BCUT2D eigenvalue weighted by atomic mass is 10.1. The van der Waals surface area contributed by atoms with E-state index in [0.717, 1.165) is 0 Å². The number of methoxy groups -OCH3 is 1. The molecule has 0 aliphatic heterocycles. The van der Waals surface area contributed by atoms with E-state index in [0.29, 0.717) is 0 Å². The van der Waals surface area contributed by atoms with E-state index < -0.39 is 18.1 Å². The summed E-state index contributed by atoms with van der Waals surface area (Å²) in [7, 11) is 1.42. The highest BCUT2D eigenvalue weighted by molar-refractivity contribution is 5.79. The number of ether oxygens (including phenoxy) is 1. The van der Waals surface area contributed by atoms with Crippen molar-refractivity contribution in [3.63, 3.8) is 0 Å². The molecule has 82 valence electrons. The monoisotopic (exact) mass is 212 g/mol. The molecule has 1 aromatic rings. The van der Waals surface area contributed by atoms with E-state index in [-0.39, 0.29) is 11.6 Å². The van der Waals surface area contributed by atoms with Gasteiger partial charge in [0.15, 0.2) is 6.10 Å². The van der Waals surface area contributed by atoms with Crippen molar-refractivity contribution in [1.29, 1.82) is 0 Å². The van der Waals surface area contributed by atoms with Gasteiger partial charge >= 0.3 is 0 Å². The van der Waals surface area contributed by atoms with Gasteiger partial charge < -0.3 is 20.7 Å². The molecule has 0 aromatic carbocycles. The number of carbonyl (C=O) groups excluding carboxylic acids is 1. The molecule has 2 unspecified atom stereocenters. The van der Waals surface area contributed by atoms with Crippen LogP contribution < -0.4 is 10.5 Å². The third-order valence-electron chi connectivity index (χ3n) is 1.85. The zero-order valence-electron chi connectivity index (χ0n) is 8.12. The molecule has 4 N–H and O–H groups in total. The third-order valence-corrected chi connectivity index (χ3v) is 1.85. The summed E-state index contributed by atoms with van der Waals surface area (Å²) in [4.78, 5) is 14.5. The van der Waals surface area contributed by atoms with Gasteiger partial charge in [0.2, 0.25) is 11.8 Å². The molecule has 6 heteroatoms. The molecule has 0 bridgehead atoms. The van der Waals surface area contributed by atoms with Crippen molar-refractivity contribution >= 4 is 5.91 Å². The first-order chi connectivity index (χ1) is 7.06. The summed E-state index contributed by atoms with van der Waals surface area (Å²) in [6, 6.07) is 4.62. The van der Waals surface area contributed by atoms with Crippen molar-refractivity contribution in [2.75, 3.05) is 7.11 Å². The van der Waals surface area contributed by atoms with Crippen molar-refractivity contribution in [2.45, 2.75) is 12.2 Å². The van der Waals surface area contributed by atoms with Crippen LogP contribution in [0.25, 0.3) is 0 Å². The number of nitrogens with zero attached hydrogens (tertiary/aromatic N) is 1. The molecule has 15 heavy (non-hydrogen) atoms. The number of rotatable bonds is 4. The number of carbonyl (C=O) groups is 1. The van der Waals surface area contributed by atoms with E-state index in [2.05, 4.69) is 4.98 Å². The maximum atomic E-state index is 10.6. The predicted octanol–water partition coefficient (Wildman–Crippen LogP) is -1.03. The molecular formula is C9H12N2O4. The van der Waals surface area contributed by atoms with E-state index >= 15 is 0 Å². The van der Waals surface area contributed by atoms with E-state index in [1.807, 2.05) is 0 Å². The van der Waals surface area contributed by atoms with Crippen molar-refractivity contribution in [3.05, 3.63) is 23.9 Å². The Morgan fingerprint density at radius 2 is 2.20 bits per heavy atom. The van der Waals surface area contributed by atoms with Gasteiger partial charge in [-0.05, 0) is 6.07 Å². The molecule has 6 nitrogen and oxygen atoms in total. The summed E-state index contributed by atoms with van der Waals surface area (Å²) in [6.45, 7) is 0. The van der Waals surface area contributed by atoms with Crippen molar-refractivity contribution in [2.24, 2.45) is 5.73 Å². The highest BCUT2D eigenvalue weighted by Crippen LogP contribution is 2.17. The second-order valence-electron chi connectivity index (χ2n) is 2.90. The Morgan fingerprint density at radius 3 is 2.73 bits per heavy atom. The average Bonchev–Trinajstić information content (AvgIpc) is 2.27. The Kier molecular flexibility index (Phi) is 3.59. The van der Waals surface area contributed by atoms with Crippen molar-refractivity contribution < 1.29 is 19.7 Å². The summed E-state index contributed by atoms with van der Waals surface area (Å²) >= 11 is 0. The number of aliphatic hydroxyl groups excluding tert-OH is 2. The van der Waals surface area contributed by atoms with Crippen LogP contribution in [-0.2, 0) is 4.79 Å². The molecule has 0 fully saturated rings. The molecule has 1 aromatic heterocycles. The van der Waals surface area contributed by atoms with Crippen LogP contribution in [0.1, 0.15) is 11.8 Å². The van der Waals surface area contributed by atoms with Crippen LogP contribution in [0, 0.1) is 0 Å². The Hall–Kier alpha value is -1.66. The smallest absolute Gasteiger partial charge is 0.249 e. The molecule has 0 aliphatic rings. The molecule has 1 amide bonds. The minimum atomic E-state index is -1.68. The molecular weight excluding hydrogens is 200 g/mol. The zero-order valence-corrected chi connectivity index (χ0v) is 8.12. The standard InChI is InChI=1S/C9H12N2O4/c1-15-6-4-2-3-5(11-6)7(12)8(13)9(10)14/h2-4,7-8,12-13H,1H3,(H2,10,14). The molecule has 0 saturated heterocycles. The predicted molar refractivity (Wildman–Crippen MR) is 51.0 cm³/mol. The highest BCUT2D eigenvalue weighted by Gasteiger charge is 2.24. The van der Waals surface area contributed by atoms with E-state index in [1.54, 1.807) is 12.1 Å². The van der Waals surface area contributed by atoms with Gasteiger partial charge in [0.05, 0.1) is 12.8 Å². The molecule has 0 spiro atoms. The number of hydrogen-bond acceptors (Lipinski definition) is 5. The normalized spacial score (nSPS) is 14.3. The largest absolute Gasteiger partial charge is 0.481 e. The van der Waals surface area contributed by atoms with E-state index in [9.17, 15) is 15.0 Å².